The van der Waals surface area contributed by atoms with Crippen LogP contribution in [-0.2, 0) is 6.54 Å². The normalized spacial score (nSPS) is 14.1. The minimum absolute atomic E-state index is 0.381. The fourth-order valence-electron chi connectivity index (χ4n) is 2.93. The quantitative estimate of drug-likeness (QED) is 0.527. The Labute approximate surface area is 171 Å². The summed E-state index contributed by atoms with van der Waals surface area (Å²) in [5.41, 5.74) is 7.36. The average Bonchev–Trinajstić information content (AvgIpc) is 3.37. The summed E-state index contributed by atoms with van der Waals surface area (Å²) in [6.45, 7) is 2.63. The molecule has 1 saturated carbocycles. The molecule has 2 heterocycles. The molecule has 3 aromatic rings. The monoisotopic (exact) mass is 422 g/mol. The Morgan fingerprint density at radius 3 is 2.67 bits per heavy atom. The zero-order valence-corrected chi connectivity index (χ0v) is 17.0. The van der Waals surface area contributed by atoms with E-state index in [0.29, 0.717) is 21.4 Å². The van der Waals surface area contributed by atoms with Crippen molar-refractivity contribution in [1.29, 1.82) is 0 Å². The summed E-state index contributed by atoms with van der Waals surface area (Å²) in [5, 5.41) is 5.48. The smallest absolute Gasteiger partial charge is 0.175 e. The van der Waals surface area contributed by atoms with Crippen LogP contribution in [0, 0.1) is 5.92 Å². The van der Waals surface area contributed by atoms with Crippen molar-refractivity contribution < 1.29 is 0 Å². The number of nitrogen functional groups attached to an aromatic ring is 1. The van der Waals surface area contributed by atoms with E-state index in [1.165, 1.54) is 37.4 Å². The molecule has 9 heteroatoms. The summed E-state index contributed by atoms with van der Waals surface area (Å²) >= 11 is 13.8. The highest BCUT2D eigenvalue weighted by atomic mass is 35.5. The second-order valence-electron chi connectivity index (χ2n) is 6.67. The van der Waals surface area contributed by atoms with Gasteiger partial charge in [-0.2, -0.15) is 0 Å². The highest BCUT2D eigenvalue weighted by Gasteiger charge is 2.20. The van der Waals surface area contributed by atoms with Crippen LogP contribution >= 0.6 is 35.0 Å². The van der Waals surface area contributed by atoms with Gasteiger partial charge in [0.25, 0.3) is 0 Å². The second-order valence-corrected chi connectivity index (χ2v) is 8.58. The summed E-state index contributed by atoms with van der Waals surface area (Å²) in [6, 6.07) is 5.44. The number of aromatic nitrogens is 4. The Kier molecular flexibility index (Phi) is 5.73. The number of halogens is 2. The molecule has 1 fully saturated rings. The zero-order chi connectivity index (χ0) is 18.8. The van der Waals surface area contributed by atoms with E-state index >= 15 is 0 Å². The molecule has 1 aromatic carbocycles. The number of imidazole rings is 1. The maximum Gasteiger partial charge on any atom is 0.175 e. The highest BCUT2D eigenvalue weighted by molar-refractivity contribution is 7.99. The van der Waals surface area contributed by atoms with Gasteiger partial charge in [0.1, 0.15) is 6.33 Å². The van der Waals surface area contributed by atoms with E-state index in [0.717, 1.165) is 41.3 Å². The van der Waals surface area contributed by atoms with Gasteiger partial charge in [-0.05, 0) is 37.1 Å². The van der Waals surface area contributed by atoms with Crippen LogP contribution in [0.4, 0.5) is 5.82 Å². The highest BCUT2D eigenvalue weighted by Crippen LogP contribution is 2.34. The standard InChI is InChI=1S/C18H20Cl2N6S/c19-12-7-13(20)9-14(8-12)27-18-25-15-16(21)23-10-24-17(15)26(18)6-5-22-4-3-11-1-2-11/h7-11,22H,1-6H2,(H2,21,23,24). The largest absolute Gasteiger partial charge is 0.382 e. The minimum atomic E-state index is 0.381. The van der Waals surface area contributed by atoms with Gasteiger partial charge in [0.2, 0.25) is 0 Å². The molecule has 1 aliphatic rings. The lowest BCUT2D eigenvalue weighted by Crippen LogP contribution is -2.21. The number of hydrogen-bond acceptors (Lipinski definition) is 6. The number of nitrogens with zero attached hydrogens (tertiary/aromatic N) is 4. The third-order valence-corrected chi connectivity index (χ3v) is 5.91. The maximum atomic E-state index is 6.13. The van der Waals surface area contributed by atoms with Crippen molar-refractivity contribution in [3.05, 3.63) is 34.6 Å². The van der Waals surface area contributed by atoms with Crippen molar-refractivity contribution >= 4 is 51.9 Å². The molecule has 0 saturated heterocycles. The Morgan fingerprint density at radius 1 is 1.15 bits per heavy atom. The fourth-order valence-corrected chi connectivity index (χ4v) is 4.60. The lowest BCUT2D eigenvalue weighted by molar-refractivity contribution is 0.551. The lowest BCUT2D eigenvalue weighted by Gasteiger charge is -2.10. The molecule has 0 radical (unpaired) electrons. The summed E-state index contributed by atoms with van der Waals surface area (Å²) in [4.78, 5) is 14.0. The molecule has 27 heavy (non-hydrogen) atoms. The molecular weight excluding hydrogens is 403 g/mol. The SMILES string of the molecule is Nc1ncnc2c1nc(Sc1cc(Cl)cc(Cl)c1)n2CCNCCC1CC1. The van der Waals surface area contributed by atoms with Crippen molar-refractivity contribution in [3.8, 4) is 0 Å². The third kappa shape index (κ3) is 4.66. The van der Waals surface area contributed by atoms with Gasteiger partial charge in [-0.15, -0.1) is 0 Å². The van der Waals surface area contributed by atoms with Crippen LogP contribution in [0.15, 0.2) is 34.6 Å². The van der Waals surface area contributed by atoms with Crippen molar-refractivity contribution in [2.24, 2.45) is 5.92 Å². The van der Waals surface area contributed by atoms with Gasteiger partial charge < -0.3 is 15.6 Å². The zero-order valence-electron chi connectivity index (χ0n) is 14.7. The van der Waals surface area contributed by atoms with Crippen LogP contribution < -0.4 is 11.1 Å². The van der Waals surface area contributed by atoms with Crippen molar-refractivity contribution in [3.63, 3.8) is 0 Å². The number of hydrogen-bond donors (Lipinski definition) is 2. The van der Waals surface area contributed by atoms with E-state index in [4.69, 9.17) is 28.9 Å². The molecule has 0 atom stereocenters. The predicted molar refractivity (Wildman–Crippen MR) is 111 cm³/mol. The summed E-state index contributed by atoms with van der Waals surface area (Å²) in [6.07, 6.45) is 5.49. The van der Waals surface area contributed by atoms with Crippen LogP contribution in [0.2, 0.25) is 10.0 Å². The molecule has 4 rings (SSSR count). The average molecular weight is 423 g/mol. The first kappa shape index (κ1) is 18.8. The Hall–Kier alpha value is -1.54. The number of nitrogens with two attached hydrogens (primary N) is 1. The molecular formula is C18H20Cl2N6S. The van der Waals surface area contributed by atoms with Crippen LogP contribution in [-0.4, -0.2) is 32.6 Å². The van der Waals surface area contributed by atoms with Crippen LogP contribution in [0.1, 0.15) is 19.3 Å². The molecule has 6 nitrogen and oxygen atoms in total. The maximum absolute atomic E-state index is 6.13. The van der Waals surface area contributed by atoms with E-state index in [9.17, 15) is 0 Å². The number of nitrogens with one attached hydrogen (secondary N) is 1. The van der Waals surface area contributed by atoms with Crippen molar-refractivity contribution in [2.75, 3.05) is 18.8 Å². The molecule has 2 aromatic heterocycles. The first-order chi connectivity index (χ1) is 13.1. The fraction of sp³-hybridized carbons (Fsp3) is 0.389. The first-order valence-electron chi connectivity index (χ1n) is 8.91. The number of benzene rings is 1. The van der Waals surface area contributed by atoms with E-state index in [1.54, 1.807) is 6.07 Å². The van der Waals surface area contributed by atoms with Gasteiger partial charge in [0.15, 0.2) is 22.1 Å². The second kappa shape index (κ2) is 8.22. The number of fused-ring (bicyclic) bond motifs is 1. The van der Waals surface area contributed by atoms with E-state index in [1.807, 2.05) is 12.1 Å². The number of rotatable bonds is 8. The molecule has 0 spiro atoms. The first-order valence-corrected chi connectivity index (χ1v) is 10.5. The molecule has 0 amide bonds. The summed E-state index contributed by atoms with van der Waals surface area (Å²) in [5.74, 6) is 1.31. The Bertz CT molecular complexity index is 936. The molecule has 0 unspecified atom stereocenters. The van der Waals surface area contributed by atoms with Crippen molar-refractivity contribution in [1.82, 2.24) is 24.8 Å². The minimum Gasteiger partial charge on any atom is -0.382 e. The van der Waals surface area contributed by atoms with E-state index in [-0.39, 0.29) is 0 Å². The van der Waals surface area contributed by atoms with Crippen LogP contribution in [0.5, 0.6) is 0 Å². The summed E-state index contributed by atoms with van der Waals surface area (Å²) in [7, 11) is 0. The topological polar surface area (TPSA) is 81.7 Å². The Morgan fingerprint density at radius 2 is 1.93 bits per heavy atom. The van der Waals surface area contributed by atoms with Crippen LogP contribution in [0.3, 0.4) is 0 Å². The van der Waals surface area contributed by atoms with Gasteiger partial charge in [0.05, 0.1) is 0 Å². The van der Waals surface area contributed by atoms with E-state index < -0.39 is 0 Å². The van der Waals surface area contributed by atoms with Gasteiger partial charge in [-0.25, -0.2) is 15.0 Å². The summed E-state index contributed by atoms with van der Waals surface area (Å²) < 4.78 is 2.07. The molecule has 1 aliphatic carbocycles. The van der Waals surface area contributed by atoms with Crippen molar-refractivity contribution in [2.45, 2.75) is 35.9 Å². The number of anilines is 1. The molecule has 0 bridgehead atoms. The molecule has 3 N–H and O–H groups in total. The Balaban J connectivity index is 1.56. The molecule has 142 valence electrons. The van der Waals surface area contributed by atoms with E-state index in [2.05, 4.69) is 24.8 Å². The molecule has 0 aliphatic heterocycles. The van der Waals surface area contributed by atoms with Gasteiger partial charge in [0, 0.05) is 28.0 Å². The van der Waals surface area contributed by atoms with Gasteiger partial charge >= 0.3 is 0 Å². The third-order valence-electron chi connectivity index (χ3n) is 4.51. The van der Waals surface area contributed by atoms with Gasteiger partial charge in [-0.1, -0.05) is 47.8 Å². The van der Waals surface area contributed by atoms with Gasteiger partial charge in [-0.3, -0.25) is 0 Å². The lowest BCUT2D eigenvalue weighted by atomic mass is 10.3. The predicted octanol–water partition coefficient (Wildman–Crippen LogP) is 4.26. The van der Waals surface area contributed by atoms with Crippen LogP contribution in [0.25, 0.3) is 11.2 Å².